The van der Waals surface area contributed by atoms with Gasteiger partial charge in [-0.25, -0.2) is 0 Å². The maximum absolute atomic E-state index is 9.09. The minimum absolute atomic E-state index is 0.321. The molecule has 1 fully saturated rings. The molecule has 1 aromatic rings. The summed E-state index contributed by atoms with van der Waals surface area (Å²) < 4.78 is 0. The van der Waals surface area contributed by atoms with Crippen LogP contribution >= 0.6 is 12.2 Å². The normalized spacial score (nSPS) is 22.1. The van der Waals surface area contributed by atoms with Crippen LogP contribution in [0.4, 0.5) is 5.69 Å². The molecule has 3 nitrogen and oxygen atoms in total. The van der Waals surface area contributed by atoms with Gasteiger partial charge in [0.25, 0.3) is 0 Å². The molecule has 2 atom stereocenters. The first-order chi connectivity index (χ1) is 11.7. The highest BCUT2D eigenvalue weighted by Gasteiger charge is 2.35. The minimum atomic E-state index is 0.321. The second kappa shape index (κ2) is 8.19. The second-order valence-electron chi connectivity index (χ2n) is 8.37. The highest BCUT2D eigenvalue weighted by molar-refractivity contribution is 7.80. The van der Waals surface area contributed by atoms with Crippen LogP contribution in [0.15, 0.2) is 18.2 Å². The summed E-state index contributed by atoms with van der Waals surface area (Å²) in [5, 5.41) is 13.3. The monoisotopic (exact) mass is 357 g/mol. The molecular formula is C21H31N3S. The van der Waals surface area contributed by atoms with Crippen LogP contribution in [0, 0.1) is 36.5 Å². The summed E-state index contributed by atoms with van der Waals surface area (Å²) in [6.07, 6.45) is 4.02. The van der Waals surface area contributed by atoms with Gasteiger partial charge in [-0.3, -0.25) is 0 Å². The number of hydrogen-bond donors (Lipinski definition) is 1. The molecule has 1 aliphatic rings. The predicted octanol–water partition coefficient (Wildman–Crippen LogP) is 5.43. The molecule has 0 radical (unpaired) electrons. The number of aryl methyl sites for hydroxylation is 2. The van der Waals surface area contributed by atoms with Crippen molar-refractivity contribution in [3.63, 3.8) is 0 Å². The van der Waals surface area contributed by atoms with Gasteiger partial charge >= 0.3 is 0 Å². The summed E-state index contributed by atoms with van der Waals surface area (Å²) in [7, 11) is 0. The zero-order chi connectivity index (χ0) is 18.6. The smallest absolute Gasteiger partial charge is 0.173 e. The SMILES string of the molecule is Cc1cccc(C)c1NC(=S)N(CCC#N)[C@@H]1C[C@@H](C)CC(C)(C)C1. The maximum Gasteiger partial charge on any atom is 0.173 e. The third-order valence-electron chi connectivity index (χ3n) is 5.24. The lowest BCUT2D eigenvalue weighted by atomic mass is 9.70. The summed E-state index contributed by atoms with van der Waals surface area (Å²) in [6.45, 7) is 11.9. The summed E-state index contributed by atoms with van der Waals surface area (Å²) >= 11 is 5.79. The molecule has 136 valence electrons. The van der Waals surface area contributed by atoms with E-state index in [1.807, 2.05) is 0 Å². The quantitative estimate of drug-likeness (QED) is 0.729. The van der Waals surface area contributed by atoms with E-state index in [0.717, 1.165) is 23.6 Å². The average molecular weight is 358 g/mol. The molecule has 0 aliphatic heterocycles. The molecular weight excluding hydrogens is 326 g/mol. The van der Waals surface area contributed by atoms with Crippen LogP contribution in [-0.2, 0) is 0 Å². The van der Waals surface area contributed by atoms with Crippen LogP contribution in [0.5, 0.6) is 0 Å². The molecule has 0 bridgehead atoms. The van der Waals surface area contributed by atoms with Crippen molar-refractivity contribution in [1.82, 2.24) is 4.90 Å². The molecule has 0 amide bonds. The van der Waals surface area contributed by atoms with Crippen molar-refractivity contribution in [2.24, 2.45) is 11.3 Å². The topological polar surface area (TPSA) is 39.1 Å². The molecule has 0 heterocycles. The van der Waals surface area contributed by atoms with E-state index in [4.69, 9.17) is 17.5 Å². The van der Waals surface area contributed by atoms with E-state index >= 15 is 0 Å². The molecule has 1 N–H and O–H groups in total. The van der Waals surface area contributed by atoms with Crippen LogP contribution in [0.3, 0.4) is 0 Å². The molecule has 0 unspecified atom stereocenters. The van der Waals surface area contributed by atoms with E-state index in [1.54, 1.807) is 0 Å². The number of nitrogens with one attached hydrogen (secondary N) is 1. The lowest BCUT2D eigenvalue weighted by molar-refractivity contribution is 0.108. The van der Waals surface area contributed by atoms with Gasteiger partial charge < -0.3 is 10.2 Å². The van der Waals surface area contributed by atoms with Gasteiger partial charge in [-0.2, -0.15) is 5.26 Å². The van der Waals surface area contributed by atoms with Gasteiger partial charge in [0.15, 0.2) is 5.11 Å². The fourth-order valence-electron chi connectivity index (χ4n) is 4.34. The first-order valence-electron chi connectivity index (χ1n) is 9.24. The Morgan fingerprint density at radius 3 is 2.52 bits per heavy atom. The van der Waals surface area contributed by atoms with Gasteiger partial charge in [-0.15, -0.1) is 0 Å². The third-order valence-corrected chi connectivity index (χ3v) is 5.58. The Bertz CT molecular complexity index is 639. The Morgan fingerprint density at radius 1 is 1.32 bits per heavy atom. The van der Waals surface area contributed by atoms with Gasteiger partial charge in [-0.1, -0.05) is 39.0 Å². The standard InChI is InChI=1S/C21H31N3S/c1-15-12-18(14-21(4,5)13-15)24(11-7-10-22)20(25)23-19-16(2)8-6-9-17(19)3/h6,8-9,15,18H,7,11-14H2,1-5H3,(H,23,25)/t15-,18-/m1/s1. The molecule has 0 spiro atoms. The number of nitriles is 1. The van der Waals surface area contributed by atoms with Crippen molar-refractivity contribution < 1.29 is 0 Å². The summed E-state index contributed by atoms with van der Waals surface area (Å²) in [6, 6.07) is 8.95. The Morgan fingerprint density at radius 2 is 1.96 bits per heavy atom. The van der Waals surface area contributed by atoms with Crippen molar-refractivity contribution in [2.75, 3.05) is 11.9 Å². The van der Waals surface area contributed by atoms with Crippen LogP contribution in [0.1, 0.15) is 57.6 Å². The Hall–Kier alpha value is -1.60. The number of para-hydroxylation sites is 1. The average Bonchev–Trinajstić information content (AvgIpc) is 2.49. The first-order valence-corrected chi connectivity index (χ1v) is 9.65. The largest absolute Gasteiger partial charge is 0.345 e. The van der Waals surface area contributed by atoms with E-state index in [2.05, 4.69) is 69.1 Å². The Balaban J connectivity index is 2.21. The zero-order valence-corrected chi connectivity index (χ0v) is 17.0. The molecule has 1 aromatic carbocycles. The molecule has 2 rings (SSSR count). The number of rotatable bonds is 4. The molecule has 0 aromatic heterocycles. The lowest BCUT2D eigenvalue weighted by Gasteiger charge is -2.44. The van der Waals surface area contributed by atoms with Crippen LogP contribution < -0.4 is 5.32 Å². The van der Waals surface area contributed by atoms with Crippen LogP contribution in [0.2, 0.25) is 0 Å². The number of benzene rings is 1. The molecule has 25 heavy (non-hydrogen) atoms. The number of anilines is 1. The number of thiocarbonyl (C=S) groups is 1. The van der Waals surface area contributed by atoms with Gasteiger partial charge in [0.1, 0.15) is 0 Å². The maximum atomic E-state index is 9.09. The van der Waals surface area contributed by atoms with Gasteiger partial charge in [0, 0.05) is 18.3 Å². The van der Waals surface area contributed by atoms with E-state index in [-0.39, 0.29) is 0 Å². The van der Waals surface area contributed by atoms with Gasteiger partial charge in [-0.05, 0) is 67.8 Å². The van der Waals surface area contributed by atoms with Crippen molar-refractivity contribution in [3.05, 3.63) is 29.3 Å². The van der Waals surface area contributed by atoms with Crippen molar-refractivity contribution in [2.45, 2.75) is 66.3 Å². The fourth-order valence-corrected chi connectivity index (χ4v) is 4.69. The van der Waals surface area contributed by atoms with Gasteiger partial charge in [0.2, 0.25) is 0 Å². The molecule has 1 aliphatic carbocycles. The van der Waals surface area contributed by atoms with Crippen LogP contribution in [0.25, 0.3) is 0 Å². The molecule has 1 saturated carbocycles. The summed E-state index contributed by atoms with van der Waals surface area (Å²) in [4.78, 5) is 2.27. The summed E-state index contributed by atoms with van der Waals surface area (Å²) in [5.41, 5.74) is 3.80. The van der Waals surface area contributed by atoms with Gasteiger partial charge in [0.05, 0.1) is 12.5 Å². The Labute approximate surface area is 158 Å². The Kier molecular flexibility index (Phi) is 6.46. The second-order valence-corrected chi connectivity index (χ2v) is 8.75. The highest BCUT2D eigenvalue weighted by Crippen LogP contribution is 2.40. The van der Waals surface area contributed by atoms with E-state index in [0.29, 0.717) is 30.3 Å². The first kappa shape index (κ1) is 19.7. The van der Waals surface area contributed by atoms with E-state index < -0.39 is 0 Å². The third kappa shape index (κ3) is 5.19. The molecule has 0 saturated heterocycles. The van der Waals surface area contributed by atoms with Crippen molar-refractivity contribution >= 4 is 23.0 Å². The van der Waals surface area contributed by atoms with E-state index in [9.17, 15) is 0 Å². The molecule has 4 heteroatoms. The van der Waals surface area contributed by atoms with E-state index in [1.165, 1.54) is 17.5 Å². The summed E-state index contributed by atoms with van der Waals surface area (Å²) in [5.74, 6) is 0.682. The fraction of sp³-hybridized carbons (Fsp3) is 0.619. The minimum Gasteiger partial charge on any atom is -0.345 e. The number of hydrogen-bond acceptors (Lipinski definition) is 2. The van der Waals surface area contributed by atoms with Crippen molar-refractivity contribution in [3.8, 4) is 6.07 Å². The highest BCUT2D eigenvalue weighted by atomic mass is 32.1. The van der Waals surface area contributed by atoms with Crippen molar-refractivity contribution in [1.29, 1.82) is 5.26 Å². The van der Waals surface area contributed by atoms with Crippen LogP contribution in [-0.4, -0.2) is 22.6 Å². The zero-order valence-electron chi connectivity index (χ0n) is 16.2. The number of nitrogens with zero attached hydrogens (tertiary/aromatic N) is 2. The lowest BCUT2D eigenvalue weighted by Crippen LogP contribution is -2.48. The predicted molar refractivity (Wildman–Crippen MR) is 110 cm³/mol.